The van der Waals surface area contributed by atoms with Gasteiger partial charge in [0, 0.05) is 0 Å². The molecule has 4 heteroatoms. The molecule has 0 fully saturated rings. The van der Waals surface area contributed by atoms with Crippen molar-refractivity contribution in [3.8, 4) is 0 Å². The van der Waals surface area contributed by atoms with E-state index in [1.807, 2.05) is 0 Å². The van der Waals surface area contributed by atoms with Crippen LogP contribution in [0.4, 0.5) is 0 Å². The van der Waals surface area contributed by atoms with E-state index in [1.54, 1.807) is 0 Å². The van der Waals surface area contributed by atoms with Crippen LogP contribution in [0.2, 0.25) is 0 Å². The van der Waals surface area contributed by atoms with E-state index in [0.29, 0.717) is 0 Å². The van der Waals surface area contributed by atoms with Gasteiger partial charge in [0.1, 0.15) is 0 Å². The fraction of sp³-hybridized carbons (Fsp3) is 1.00. The Labute approximate surface area is 184 Å². The molecule has 0 heterocycles. The molecule has 148 valence electrons. The predicted octanol–water partition coefficient (Wildman–Crippen LogP) is 0.179. The summed E-state index contributed by atoms with van der Waals surface area (Å²) in [5.74, 6) is 0. The molecule has 0 aliphatic heterocycles. The third-order valence-corrected chi connectivity index (χ3v) is 4.18. The van der Waals surface area contributed by atoms with Gasteiger partial charge in [-0.1, -0.05) is 84.0 Å². The number of quaternary nitrogens is 1. The van der Waals surface area contributed by atoms with Crippen LogP contribution in [-0.4, -0.2) is 32.2 Å². The molecule has 0 aliphatic rings. The van der Waals surface area contributed by atoms with Crippen molar-refractivity contribution in [1.82, 2.24) is 0 Å². The van der Waals surface area contributed by atoms with Crippen molar-refractivity contribution in [2.75, 3.05) is 27.7 Å². The molecule has 0 rings (SSSR count). The third kappa shape index (κ3) is 31.9. The normalized spacial score (nSPS) is 10.4. The Balaban J connectivity index is -0.000000602. The summed E-state index contributed by atoms with van der Waals surface area (Å²) >= 11 is 0. The van der Waals surface area contributed by atoms with Crippen molar-refractivity contribution in [2.45, 2.75) is 96.8 Å². The van der Waals surface area contributed by atoms with Crippen LogP contribution < -0.4 is 34.0 Å². The smallest absolute Gasteiger partial charge is 1.00 e. The van der Waals surface area contributed by atoms with Gasteiger partial charge in [-0.2, -0.15) is 0 Å². The van der Waals surface area contributed by atoms with Crippen LogP contribution in [0.25, 0.3) is 0 Å². The number of nitrogens with zero attached hydrogens (tertiary/aromatic N) is 1. The zero-order valence-corrected chi connectivity index (χ0v) is 20.8. The molecule has 0 aromatic heterocycles. The summed E-state index contributed by atoms with van der Waals surface area (Å²) in [5.41, 5.74) is 0. The summed E-state index contributed by atoms with van der Waals surface area (Å²) < 4.78 is 1.12. The molecule has 0 spiro atoms. The molecule has 0 atom stereocenters. The van der Waals surface area contributed by atoms with Crippen LogP contribution in [0.1, 0.15) is 96.8 Å². The fourth-order valence-corrected chi connectivity index (χ4v) is 2.78. The standard InChI is InChI=1S/C19H42N.Ag.2BrH/c1-5-6-7-8-9-10-11-12-13-14-15-16-17-18-19-20(2,3)4;;;/h5-19H2,1-4H3;;2*1H/q2*+1;;/p-2. The van der Waals surface area contributed by atoms with Gasteiger partial charge in [-0.3, -0.25) is 0 Å². The van der Waals surface area contributed by atoms with E-state index < -0.39 is 0 Å². The molecule has 0 aliphatic carbocycles. The van der Waals surface area contributed by atoms with Gasteiger partial charge in [0.2, 0.25) is 0 Å². The minimum absolute atomic E-state index is 0. The molecule has 0 saturated carbocycles. The van der Waals surface area contributed by atoms with Crippen molar-refractivity contribution in [1.29, 1.82) is 0 Å². The van der Waals surface area contributed by atoms with Gasteiger partial charge in [0.25, 0.3) is 0 Å². The first-order valence-electron chi connectivity index (χ1n) is 9.36. The molecule has 0 aromatic rings. The summed E-state index contributed by atoms with van der Waals surface area (Å²) in [6, 6.07) is 0. The van der Waals surface area contributed by atoms with Gasteiger partial charge >= 0.3 is 22.4 Å². The predicted molar refractivity (Wildman–Crippen MR) is 93.2 cm³/mol. The molecule has 0 N–H and O–H groups in total. The summed E-state index contributed by atoms with van der Waals surface area (Å²) in [7, 11) is 6.88. The quantitative estimate of drug-likeness (QED) is 0.155. The van der Waals surface area contributed by atoms with Crippen LogP contribution in [0.15, 0.2) is 0 Å². The SMILES string of the molecule is CCCCCCCCCCCCCCCC[N+](C)(C)C.[Ag+].[Br-].[Br-]. The maximum absolute atomic E-state index is 2.29. The first-order valence-corrected chi connectivity index (χ1v) is 9.36. The molecular formula is C19H42AgBr2N. The molecule has 0 unspecified atom stereocenters. The van der Waals surface area contributed by atoms with Gasteiger partial charge < -0.3 is 38.4 Å². The second kappa shape index (κ2) is 23.7. The van der Waals surface area contributed by atoms with E-state index >= 15 is 0 Å². The van der Waals surface area contributed by atoms with Crippen LogP contribution in [-0.2, 0) is 22.4 Å². The van der Waals surface area contributed by atoms with E-state index in [-0.39, 0.29) is 56.3 Å². The van der Waals surface area contributed by atoms with Gasteiger partial charge in [0.05, 0.1) is 27.7 Å². The second-order valence-electron chi connectivity index (χ2n) is 7.61. The van der Waals surface area contributed by atoms with E-state index in [0.717, 1.165) is 4.48 Å². The first kappa shape index (κ1) is 32.3. The third-order valence-electron chi connectivity index (χ3n) is 4.18. The van der Waals surface area contributed by atoms with E-state index in [9.17, 15) is 0 Å². The molecule has 0 radical (unpaired) electrons. The van der Waals surface area contributed by atoms with Gasteiger partial charge in [-0.05, 0) is 12.8 Å². The zero-order chi connectivity index (χ0) is 15.1. The Morgan fingerprint density at radius 2 is 0.739 bits per heavy atom. The maximum Gasteiger partial charge on any atom is 1.00 e. The Morgan fingerprint density at radius 1 is 0.478 bits per heavy atom. The Morgan fingerprint density at radius 3 is 1.00 bits per heavy atom. The average Bonchev–Trinajstić information content (AvgIpc) is 2.38. The van der Waals surface area contributed by atoms with Crippen molar-refractivity contribution < 1.29 is 60.8 Å². The molecule has 1 nitrogen and oxygen atoms in total. The second-order valence-corrected chi connectivity index (χ2v) is 7.61. The molecule has 0 amide bonds. The van der Waals surface area contributed by atoms with Crippen LogP contribution in [0.3, 0.4) is 0 Å². The van der Waals surface area contributed by atoms with E-state index in [4.69, 9.17) is 0 Å². The Kier molecular flexibility index (Phi) is 33.3. The van der Waals surface area contributed by atoms with Crippen molar-refractivity contribution in [3.05, 3.63) is 0 Å². The van der Waals surface area contributed by atoms with Crippen LogP contribution >= 0.6 is 0 Å². The zero-order valence-electron chi connectivity index (χ0n) is 16.1. The molecular weight excluding hydrogens is 510 g/mol. The number of hydrogen-bond acceptors (Lipinski definition) is 0. The fourth-order valence-electron chi connectivity index (χ4n) is 2.78. The van der Waals surface area contributed by atoms with E-state index in [1.165, 1.54) is 96.4 Å². The van der Waals surface area contributed by atoms with E-state index in [2.05, 4.69) is 28.1 Å². The summed E-state index contributed by atoms with van der Waals surface area (Å²) in [5, 5.41) is 0. The molecule has 23 heavy (non-hydrogen) atoms. The summed E-state index contributed by atoms with van der Waals surface area (Å²) in [6.07, 6.45) is 20.4. The number of rotatable bonds is 15. The maximum atomic E-state index is 2.29. The van der Waals surface area contributed by atoms with Crippen molar-refractivity contribution in [2.24, 2.45) is 0 Å². The van der Waals surface area contributed by atoms with Crippen molar-refractivity contribution >= 4 is 0 Å². The number of halogens is 2. The summed E-state index contributed by atoms with van der Waals surface area (Å²) in [6.45, 7) is 3.63. The minimum Gasteiger partial charge on any atom is -1.00 e. The minimum atomic E-state index is 0. The summed E-state index contributed by atoms with van der Waals surface area (Å²) in [4.78, 5) is 0. The van der Waals surface area contributed by atoms with Crippen LogP contribution in [0, 0.1) is 0 Å². The topological polar surface area (TPSA) is 0 Å². The van der Waals surface area contributed by atoms with Gasteiger partial charge in [-0.25, -0.2) is 0 Å². The molecule has 0 saturated heterocycles. The molecule has 0 aromatic carbocycles. The van der Waals surface area contributed by atoms with Crippen molar-refractivity contribution in [3.63, 3.8) is 0 Å². The number of unbranched alkanes of at least 4 members (excludes halogenated alkanes) is 13. The Bertz CT molecular complexity index is 196. The monoisotopic (exact) mass is 549 g/mol. The van der Waals surface area contributed by atoms with Gasteiger partial charge in [0.15, 0.2) is 0 Å². The average molecular weight is 552 g/mol. The number of hydrogen-bond donors (Lipinski definition) is 0. The largest absolute Gasteiger partial charge is 1.00 e. The first-order chi connectivity index (χ1) is 9.56. The Hall–Kier alpha value is 1.66. The van der Waals surface area contributed by atoms with Crippen LogP contribution in [0.5, 0.6) is 0 Å². The molecule has 0 bridgehead atoms. The van der Waals surface area contributed by atoms with Gasteiger partial charge in [-0.15, -0.1) is 0 Å².